The van der Waals surface area contributed by atoms with Crippen LogP contribution in [-0.4, -0.2) is 18.3 Å². The number of thioether (sulfide) groups is 1. The fourth-order valence-corrected chi connectivity index (χ4v) is 3.39. The zero-order chi connectivity index (χ0) is 14.5. The van der Waals surface area contributed by atoms with Crippen LogP contribution in [0.25, 0.3) is 0 Å². The SMILES string of the molecule is CCCNC(CSc1ccc(Cl)c(Cl)c1)C(C)(C)C. The molecule has 0 radical (unpaired) electrons. The van der Waals surface area contributed by atoms with Gasteiger partial charge >= 0.3 is 0 Å². The molecule has 1 aromatic rings. The summed E-state index contributed by atoms with van der Waals surface area (Å²) in [5, 5.41) is 4.86. The second-order valence-corrected chi connectivity index (χ2v) is 7.67. The Morgan fingerprint density at radius 1 is 1.21 bits per heavy atom. The summed E-state index contributed by atoms with van der Waals surface area (Å²) in [7, 11) is 0. The zero-order valence-electron chi connectivity index (χ0n) is 12.1. The zero-order valence-corrected chi connectivity index (χ0v) is 14.4. The lowest BCUT2D eigenvalue weighted by atomic mass is 9.88. The van der Waals surface area contributed by atoms with E-state index in [0.717, 1.165) is 18.7 Å². The molecule has 0 fully saturated rings. The molecule has 0 aliphatic heterocycles. The maximum Gasteiger partial charge on any atom is 0.0603 e. The minimum atomic E-state index is 0.248. The van der Waals surface area contributed by atoms with Crippen molar-refractivity contribution in [3.63, 3.8) is 0 Å². The molecule has 0 spiro atoms. The molecule has 0 aromatic heterocycles. The highest BCUT2D eigenvalue weighted by atomic mass is 35.5. The van der Waals surface area contributed by atoms with Crippen LogP contribution >= 0.6 is 35.0 Å². The van der Waals surface area contributed by atoms with Crippen LogP contribution < -0.4 is 5.32 Å². The molecule has 0 amide bonds. The average molecular weight is 320 g/mol. The van der Waals surface area contributed by atoms with Gasteiger partial charge in [0.05, 0.1) is 10.0 Å². The van der Waals surface area contributed by atoms with Crippen LogP contribution in [0.15, 0.2) is 23.1 Å². The first-order valence-electron chi connectivity index (χ1n) is 6.66. The van der Waals surface area contributed by atoms with Crippen LogP contribution in [0.1, 0.15) is 34.1 Å². The van der Waals surface area contributed by atoms with E-state index in [-0.39, 0.29) is 5.41 Å². The first-order chi connectivity index (χ1) is 8.84. The Morgan fingerprint density at radius 3 is 2.42 bits per heavy atom. The van der Waals surface area contributed by atoms with Crippen molar-refractivity contribution < 1.29 is 0 Å². The van der Waals surface area contributed by atoms with Crippen molar-refractivity contribution >= 4 is 35.0 Å². The second-order valence-electron chi connectivity index (χ2n) is 5.76. The summed E-state index contributed by atoms with van der Waals surface area (Å²) in [5.41, 5.74) is 0.248. The molecular formula is C15H23Cl2NS. The molecule has 0 saturated carbocycles. The number of rotatable bonds is 6. The molecule has 1 aromatic carbocycles. The van der Waals surface area contributed by atoms with Gasteiger partial charge in [0.25, 0.3) is 0 Å². The number of hydrogen-bond donors (Lipinski definition) is 1. The Labute approximate surface area is 131 Å². The molecule has 4 heteroatoms. The van der Waals surface area contributed by atoms with E-state index in [0.29, 0.717) is 16.1 Å². The molecule has 0 bridgehead atoms. The summed E-state index contributed by atoms with van der Waals surface area (Å²) >= 11 is 13.8. The normalized spacial score (nSPS) is 13.6. The van der Waals surface area contributed by atoms with Gasteiger partial charge in [-0.2, -0.15) is 0 Å². The molecule has 1 N–H and O–H groups in total. The lowest BCUT2D eigenvalue weighted by molar-refractivity contribution is 0.292. The molecule has 108 valence electrons. The van der Waals surface area contributed by atoms with Gasteiger partial charge in [-0.1, -0.05) is 50.9 Å². The van der Waals surface area contributed by atoms with Crippen LogP contribution in [0, 0.1) is 5.41 Å². The van der Waals surface area contributed by atoms with Crippen molar-refractivity contribution in [2.75, 3.05) is 12.3 Å². The predicted molar refractivity (Wildman–Crippen MR) is 88.7 cm³/mol. The van der Waals surface area contributed by atoms with Crippen LogP contribution in [0.4, 0.5) is 0 Å². The Morgan fingerprint density at radius 2 is 1.89 bits per heavy atom. The van der Waals surface area contributed by atoms with Gasteiger partial charge in [0.2, 0.25) is 0 Å². The van der Waals surface area contributed by atoms with E-state index in [2.05, 4.69) is 33.0 Å². The third-order valence-electron chi connectivity index (χ3n) is 2.99. The summed E-state index contributed by atoms with van der Waals surface area (Å²) in [4.78, 5) is 1.17. The first-order valence-corrected chi connectivity index (χ1v) is 8.40. The van der Waals surface area contributed by atoms with Crippen LogP contribution in [0.2, 0.25) is 10.0 Å². The quantitative estimate of drug-likeness (QED) is 0.695. The largest absolute Gasteiger partial charge is 0.313 e. The highest BCUT2D eigenvalue weighted by molar-refractivity contribution is 7.99. The van der Waals surface area contributed by atoms with Gasteiger partial charge in [-0.05, 0) is 36.6 Å². The summed E-state index contributed by atoms with van der Waals surface area (Å²) in [6, 6.07) is 6.30. The number of nitrogens with one attached hydrogen (secondary N) is 1. The van der Waals surface area contributed by atoms with Crippen molar-refractivity contribution in [1.29, 1.82) is 0 Å². The molecule has 1 atom stereocenters. The van der Waals surface area contributed by atoms with Gasteiger partial charge in [0, 0.05) is 16.7 Å². The van der Waals surface area contributed by atoms with E-state index in [1.165, 1.54) is 4.90 Å². The van der Waals surface area contributed by atoms with Gasteiger partial charge in [-0.15, -0.1) is 11.8 Å². The summed E-state index contributed by atoms with van der Waals surface area (Å²) in [6.45, 7) is 10.1. The molecule has 0 heterocycles. The Kier molecular flexibility index (Phi) is 7.02. The molecular weight excluding hydrogens is 297 g/mol. The fraction of sp³-hybridized carbons (Fsp3) is 0.600. The van der Waals surface area contributed by atoms with Gasteiger partial charge in [-0.25, -0.2) is 0 Å². The maximum atomic E-state index is 6.04. The Hall–Kier alpha value is 0.110. The third kappa shape index (κ3) is 5.95. The van der Waals surface area contributed by atoms with Gasteiger partial charge < -0.3 is 5.32 Å². The average Bonchev–Trinajstić information content (AvgIpc) is 2.32. The number of halogens is 2. The van der Waals surface area contributed by atoms with Gasteiger partial charge in [0.15, 0.2) is 0 Å². The van der Waals surface area contributed by atoms with E-state index in [4.69, 9.17) is 23.2 Å². The summed E-state index contributed by atoms with van der Waals surface area (Å²) < 4.78 is 0. The van der Waals surface area contributed by atoms with Crippen LogP contribution in [0.3, 0.4) is 0 Å². The van der Waals surface area contributed by atoms with Crippen molar-refractivity contribution in [2.24, 2.45) is 5.41 Å². The lowest BCUT2D eigenvalue weighted by Gasteiger charge is -2.31. The van der Waals surface area contributed by atoms with Crippen LogP contribution in [0.5, 0.6) is 0 Å². The highest BCUT2D eigenvalue weighted by Gasteiger charge is 2.23. The standard InChI is InChI=1S/C15H23Cl2NS/c1-5-8-18-14(15(2,3)4)10-19-11-6-7-12(16)13(17)9-11/h6-7,9,14,18H,5,8,10H2,1-4H3. The Balaban J connectivity index is 2.62. The highest BCUT2D eigenvalue weighted by Crippen LogP contribution is 2.30. The van der Waals surface area contributed by atoms with Gasteiger partial charge in [-0.3, -0.25) is 0 Å². The molecule has 19 heavy (non-hydrogen) atoms. The summed E-state index contributed by atoms with van der Waals surface area (Å²) in [6.07, 6.45) is 1.16. The summed E-state index contributed by atoms with van der Waals surface area (Å²) in [5.74, 6) is 1.03. The monoisotopic (exact) mass is 319 g/mol. The topological polar surface area (TPSA) is 12.0 Å². The van der Waals surface area contributed by atoms with E-state index in [9.17, 15) is 0 Å². The van der Waals surface area contributed by atoms with Crippen molar-refractivity contribution in [3.05, 3.63) is 28.2 Å². The minimum Gasteiger partial charge on any atom is -0.313 e. The molecule has 0 saturated heterocycles. The minimum absolute atomic E-state index is 0.248. The maximum absolute atomic E-state index is 6.04. The third-order valence-corrected chi connectivity index (χ3v) is 4.82. The Bertz CT molecular complexity index is 402. The van der Waals surface area contributed by atoms with Crippen LogP contribution in [-0.2, 0) is 0 Å². The van der Waals surface area contributed by atoms with E-state index >= 15 is 0 Å². The predicted octanol–water partition coefficient (Wildman–Crippen LogP) is 5.50. The molecule has 0 aliphatic carbocycles. The van der Waals surface area contributed by atoms with E-state index < -0.39 is 0 Å². The molecule has 1 rings (SSSR count). The van der Waals surface area contributed by atoms with Crippen molar-refractivity contribution in [3.8, 4) is 0 Å². The second kappa shape index (κ2) is 7.78. The van der Waals surface area contributed by atoms with E-state index in [1.807, 2.05) is 30.0 Å². The fourth-order valence-electron chi connectivity index (χ4n) is 1.68. The molecule has 0 aliphatic rings. The smallest absolute Gasteiger partial charge is 0.0603 e. The molecule has 1 unspecified atom stereocenters. The van der Waals surface area contributed by atoms with Crippen molar-refractivity contribution in [2.45, 2.75) is 45.1 Å². The van der Waals surface area contributed by atoms with Crippen molar-refractivity contribution in [1.82, 2.24) is 5.32 Å². The number of benzene rings is 1. The lowest BCUT2D eigenvalue weighted by Crippen LogP contribution is -2.42. The van der Waals surface area contributed by atoms with E-state index in [1.54, 1.807) is 0 Å². The van der Waals surface area contributed by atoms with Gasteiger partial charge in [0.1, 0.15) is 0 Å². The molecule has 1 nitrogen and oxygen atoms in total. The first kappa shape index (κ1) is 17.2. The number of hydrogen-bond acceptors (Lipinski definition) is 2.